The third-order valence-electron chi connectivity index (χ3n) is 3.77. The molecule has 1 rings (SSSR count). The number of carbonyl (C=O) groups excluding carboxylic acids is 2. The Morgan fingerprint density at radius 2 is 2.05 bits per heavy atom. The second-order valence-corrected chi connectivity index (χ2v) is 5.29. The van der Waals surface area contributed by atoms with Crippen LogP contribution < -0.4 is 5.32 Å². The van der Waals surface area contributed by atoms with Gasteiger partial charge in [-0.2, -0.15) is 0 Å². The molecule has 0 aromatic rings. The number of ether oxygens (including phenoxy) is 2. The van der Waals surface area contributed by atoms with Crippen LogP contribution in [0.4, 0.5) is 4.79 Å². The molecular weight excluding hydrogens is 260 g/mol. The number of hydrogen-bond donors (Lipinski definition) is 1. The number of amides is 2. The van der Waals surface area contributed by atoms with E-state index in [1.165, 1.54) is 0 Å². The van der Waals surface area contributed by atoms with Gasteiger partial charge in [-0.05, 0) is 33.1 Å². The Balaban J connectivity index is 2.31. The minimum absolute atomic E-state index is 0.0714. The van der Waals surface area contributed by atoms with E-state index in [1.807, 2.05) is 4.90 Å². The molecule has 0 bridgehead atoms. The minimum atomic E-state index is -0.469. The van der Waals surface area contributed by atoms with Crippen LogP contribution in [0.2, 0.25) is 0 Å². The van der Waals surface area contributed by atoms with Gasteiger partial charge in [-0.15, -0.1) is 0 Å². The summed E-state index contributed by atoms with van der Waals surface area (Å²) in [5.41, 5.74) is -0.127. The van der Waals surface area contributed by atoms with E-state index in [2.05, 4.69) is 12.2 Å². The van der Waals surface area contributed by atoms with Crippen LogP contribution in [-0.4, -0.2) is 55.9 Å². The van der Waals surface area contributed by atoms with Crippen LogP contribution >= 0.6 is 0 Å². The normalized spacial score (nSPS) is 23.1. The third-order valence-corrected chi connectivity index (χ3v) is 3.77. The highest BCUT2D eigenvalue weighted by atomic mass is 16.5. The second-order valence-electron chi connectivity index (χ2n) is 5.29. The first-order valence-corrected chi connectivity index (χ1v) is 7.24. The Morgan fingerprint density at radius 1 is 1.30 bits per heavy atom. The number of alkyl carbamates (subject to hydrolysis) is 1. The second kappa shape index (κ2) is 8.09. The zero-order valence-electron chi connectivity index (χ0n) is 12.7. The molecule has 6 heteroatoms. The number of carbonyl (C=O) groups is 2. The Morgan fingerprint density at radius 3 is 2.70 bits per heavy atom. The Kier molecular flexibility index (Phi) is 6.78. The summed E-state index contributed by atoms with van der Waals surface area (Å²) in [5, 5.41) is 2.56. The number of nitrogens with one attached hydrogen (secondary N) is 1. The van der Waals surface area contributed by atoms with Crippen molar-refractivity contribution >= 4 is 12.0 Å². The number of methoxy groups -OCH3 is 1. The molecular formula is C14H26N2O4. The fraction of sp³-hybridized carbons (Fsp3) is 0.857. The van der Waals surface area contributed by atoms with E-state index in [9.17, 15) is 9.59 Å². The summed E-state index contributed by atoms with van der Waals surface area (Å²) < 4.78 is 10.3. The Labute approximate surface area is 120 Å². The molecule has 6 nitrogen and oxygen atoms in total. The number of hydrogen-bond acceptors (Lipinski definition) is 4. The highest BCUT2D eigenvalue weighted by molar-refractivity contribution is 5.77. The van der Waals surface area contributed by atoms with Gasteiger partial charge in [0, 0.05) is 33.2 Å². The zero-order chi connectivity index (χ0) is 15.0. The predicted molar refractivity (Wildman–Crippen MR) is 75.5 cm³/mol. The molecule has 0 radical (unpaired) electrons. The first-order chi connectivity index (χ1) is 9.50. The number of likely N-dealkylation sites (tertiary alicyclic amines) is 1. The van der Waals surface area contributed by atoms with Crippen LogP contribution in [0.5, 0.6) is 0 Å². The van der Waals surface area contributed by atoms with Crippen molar-refractivity contribution in [2.45, 2.75) is 45.1 Å². The van der Waals surface area contributed by atoms with E-state index >= 15 is 0 Å². The largest absolute Gasteiger partial charge is 0.450 e. The summed E-state index contributed by atoms with van der Waals surface area (Å²) in [6.45, 7) is 5.95. The van der Waals surface area contributed by atoms with Gasteiger partial charge in [0.1, 0.15) is 0 Å². The Bertz CT molecular complexity index is 335. The van der Waals surface area contributed by atoms with E-state index in [1.54, 1.807) is 14.0 Å². The van der Waals surface area contributed by atoms with Gasteiger partial charge < -0.3 is 19.7 Å². The third kappa shape index (κ3) is 5.36. The molecule has 2 amide bonds. The van der Waals surface area contributed by atoms with E-state index in [0.717, 1.165) is 25.8 Å². The Hall–Kier alpha value is -1.30. The molecule has 116 valence electrons. The molecule has 1 saturated heterocycles. The topological polar surface area (TPSA) is 67.9 Å². The van der Waals surface area contributed by atoms with Crippen molar-refractivity contribution in [1.82, 2.24) is 10.2 Å². The minimum Gasteiger partial charge on any atom is -0.450 e. The van der Waals surface area contributed by atoms with Gasteiger partial charge in [0.15, 0.2) is 0 Å². The monoisotopic (exact) mass is 286 g/mol. The van der Waals surface area contributed by atoms with Crippen molar-refractivity contribution in [2.24, 2.45) is 0 Å². The van der Waals surface area contributed by atoms with Crippen molar-refractivity contribution in [3.8, 4) is 0 Å². The van der Waals surface area contributed by atoms with Crippen LogP contribution in [0.3, 0.4) is 0 Å². The maximum atomic E-state index is 12.1. The molecule has 1 unspecified atom stereocenters. The van der Waals surface area contributed by atoms with Crippen molar-refractivity contribution < 1.29 is 19.1 Å². The molecule has 0 aliphatic carbocycles. The van der Waals surface area contributed by atoms with Gasteiger partial charge in [-0.3, -0.25) is 4.79 Å². The summed E-state index contributed by atoms with van der Waals surface area (Å²) in [6, 6.07) is 0. The molecule has 0 aromatic carbocycles. The molecule has 1 heterocycles. The molecule has 20 heavy (non-hydrogen) atoms. The fourth-order valence-corrected chi connectivity index (χ4v) is 2.32. The van der Waals surface area contributed by atoms with Crippen LogP contribution in [0.25, 0.3) is 0 Å². The van der Waals surface area contributed by atoms with Gasteiger partial charge >= 0.3 is 6.09 Å². The van der Waals surface area contributed by atoms with Crippen molar-refractivity contribution in [1.29, 1.82) is 0 Å². The van der Waals surface area contributed by atoms with E-state index in [4.69, 9.17) is 9.47 Å². The summed E-state index contributed by atoms with van der Waals surface area (Å²) in [7, 11) is 1.72. The standard InChI is InChI=1S/C14H26N2O4/c1-4-20-13(18)15-9-6-12(17)16-10-5-7-14(2,19-3)8-11-16/h4-11H2,1-3H3,(H,15,18). The lowest BCUT2D eigenvalue weighted by Gasteiger charge is -2.26. The average Bonchev–Trinajstić information content (AvgIpc) is 2.62. The molecule has 1 atom stereocenters. The summed E-state index contributed by atoms with van der Waals surface area (Å²) in [4.78, 5) is 25.0. The molecule has 0 spiro atoms. The van der Waals surface area contributed by atoms with Gasteiger partial charge in [0.25, 0.3) is 0 Å². The maximum absolute atomic E-state index is 12.1. The first kappa shape index (κ1) is 16.8. The fourth-order valence-electron chi connectivity index (χ4n) is 2.32. The average molecular weight is 286 g/mol. The zero-order valence-corrected chi connectivity index (χ0v) is 12.7. The summed E-state index contributed by atoms with van der Waals surface area (Å²) >= 11 is 0. The predicted octanol–water partition coefficient (Wildman–Crippen LogP) is 1.54. The van der Waals surface area contributed by atoms with Crippen molar-refractivity contribution in [2.75, 3.05) is 33.4 Å². The first-order valence-electron chi connectivity index (χ1n) is 7.24. The maximum Gasteiger partial charge on any atom is 0.407 e. The number of rotatable bonds is 5. The molecule has 1 aliphatic rings. The molecule has 0 saturated carbocycles. The van der Waals surface area contributed by atoms with Gasteiger partial charge in [-0.1, -0.05) is 0 Å². The van der Waals surface area contributed by atoms with Gasteiger partial charge in [0.05, 0.1) is 12.2 Å². The number of nitrogens with zero attached hydrogens (tertiary/aromatic N) is 1. The molecule has 1 aliphatic heterocycles. The van der Waals surface area contributed by atoms with Crippen LogP contribution in [-0.2, 0) is 14.3 Å². The highest BCUT2D eigenvalue weighted by Gasteiger charge is 2.28. The smallest absolute Gasteiger partial charge is 0.407 e. The lowest BCUT2D eigenvalue weighted by Crippen LogP contribution is -2.36. The van der Waals surface area contributed by atoms with Gasteiger partial charge in [-0.25, -0.2) is 4.79 Å². The van der Waals surface area contributed by atoms with Crippen LogP contribution in [0.15, 0.2) is 0 Å². The molecule has 0 aromatic heterocycles. The van der Waals surface area contributed by atoms with Crippen molar-refractivity contribution in [3.05, 3.63) is 0 Å². The lowest BCUT2D eigenvalue weighted by molar-refractivity contribution is -0.131. The van der Waals surface area contributed by atoms with E-state index in [-0.39, 0.29) is 11.5 Å². The SMILES string of the molecule is CCOC(=O)NCCC(=O)N1CCCC(C)(OC)CC1. The highest BCUT2D eigenvalue weighted by Crippen LogP contribution is 2.25. The van der Waals surface area contributed by atoms with E-state index in [0.29, 0.717) is 26.1 Å². The van der Waals surface area contributed by atoms with Gasteiger partial charge in [0.2, 0.25) is 5.91 Å². The summed E-state index contributed by atoms with van der Waals surface area (Å²) in [5.74, 6) is 0.0714. The quantitative estimate of drug-likeness (QED) is 0.832. The lowest BCUT2D eigenvalue weighted by atomic mass is 9.97. The van der Waals surface area contributed by atoms with E-state index < -0.39 is 6.09 Å². The summed E-state index contributed by atoms with van der Waals surface area (Å²) in [6.07, 6.45) is 2.60. The van der Waals surface area contributed by atoms with Crippen molar-refractivity contribution in [3.63, 3.8) is 0 Å². The van der Waals surface area contributed by atoms with Crippen LogP contribution in [0.1, 0.15) is 39.5 Å². The molecule has 1 fully saturated rings. The van der Waals surface area contributed by atoms with Crippen LogP contribution in [0, 0.1) is 0 Å². The molecule has 1 N–H and O–H groups in total.